The van der Waals surface area contributed by atoms with Gasteiger partial charge in [-0.05, 0) is 26.2 Å². The molecule has 2 nitrogen and oxygen atoms in total. The van der Waals surface area contributed by atoms with Crippen molar-refractivity contribution in [1.29, 1.82) is 0 Å². The molecule has 0 aromatic carbocycles. The van der Waals surface area contributed by atoms with E-state index in [1.165, 1.54) is 19.3 Å². The lowest BCUT2D eigenvalue weighted by molar-refractivity contribution is 0.184. The lowest BCUT2D eigenvalue weighted by Crippen LogP contribution is -2.38. The average molecular weight is 253 g/mol. The number of halogens is 1. The Morgan fingerprint density at radius 3 is 2.70 bits per heavy atom. The van der Waals surface area contributed by atoms with Crippen LogP contribution < -0.4 is 0 Å². The predicted octanol–water partition coefficient (Wildman–Crippen LogP) is 2.42. The monoisotopic (exact) mass is 253 g/mol. The van der Waals surface area contributed by atoms with E-state index in [-0.39, 0.29) is 3.91 Å². The predicted molar refractivity (Wildman–Crippen MR) is 49.4 cm³/mol. The largest absolute Gasteiger partial charge is 0.331 e. The summed E-state index contributed by atoms with van der Waals surface area (Å²) in [5, 5.41) is 0. The molecule has 58 valence electrons. The highest BCUT2D eigenvalue weighted by Crippen LogP contribution is 2.18. The molecule has 1 unspecified atom stereocenters. The topological polar surface area (TPSA) is 20.3 Å². The Balaban J connectivity index is 2.47. The van der Waals surface area contributed by atoms with Crippen LogP contribution in [0.2, 0.25) is 0 Å². The molecule has 1 saturated heterocycles. The van der Waals surface area contributed by atoms with E-state index in [4.69, 9.17) is 0 Å². The molecule has 1 amide bonds. The number of likely N-dealkylation sites (tertiary alicyclic amines) is 1. The van der Waals surface area contributed by atoms with E-state index in [1.54, 1.807) is 0 Å². The van der Waals surface area contributed by atoms with Crippen LogP contribution in [0.5, 0.6) is 0 Å². The molecular weight excluding hydrogens is 241 g/mol. The second kappa shape index (κ2) is 3.55. The highest BCUT2D eigenvalue weighted by molar-refractivity contribution is 14.1. The van der Waals surface area contributed by atoms with Gasteiger partial charge in [-0.2, -0.15) is 0 Å². The maximum absolute atomic E-state index is 10.9. The van der Waals surface area contributed by atoms with Crippen molar-refractivity contribution in [1.82, 2.24) is 4.90 Å². The maximum atomic E-state index is 10.9. The molecule has 1 atom stereocenters. The van der Waals surface area contributed by atoms with E-state index in [2.05, 4.69) is 6.92 Å². The van der Waals surface area contributed by atoms with Gasteiger partial charge in [0.2, 0.25) is 0 Å². The average Bonchev–Trinajstić information content (AvgIpc) is 1.88. The Kier molecular flexibility index (Phi) is 2.95. The molecular formula is C7H12INO. The first-order chi connectivity index (χ1) is 4.72. The summed E-state index contributed by atoms with van der Waals surface area (Å²) >= 11 is 1.86. The summed E-state index contributed by atoms with van der Waals surface area (Å²) < 4.78 is 0.199. The van der Waals surface area contributed by atoms with Gasteiger partial charge in [-0.25, -0.2) is 0 Å². The van der Waals surface area contributed by atoms with Crippen molar-refractivity contribution in [2.75, 3.05) is 6.54 Å². The molecule has 1 aliphatic heterocycles. The zero-order chi connectivity index (χ0) is 7.56. The second-order valence-corrected chi connectivity index (χ2v) is 3.71. The van der Waals surface area contributed by atoms with Gasteiger partial charge >= 0.3 is 0 Å². The van der Waals surface area contributed by atoms with Crippen LogP contribution in [0.15, 0.2) is 0 Å². The lowest BCUT2D eigenvalue weighted by atomic mass is 10.1. The van der Waals surface area contributed by atoms with Gasteiger partial charge in [-0.15, -0.1) is 0 Å². The number of piperidine rings is 1. The summed E-state index contributed by atoms with van der Waals surface area (Å²) in [6.45, 7) is 3.08. The molecule has 1 rings (SSSR count). The molecule has 0 saturated carbocycles. The van der Waals surface area contributed by atoms with E-state index in [1.807, 2.05) is 27.5 Å². The summed E-state index contributed by atoms with van der Waals surface area (Å²) in [6.07, 6.45) is 3.63. The van der Waals surface area contributed by atoms with Crippen molar-refractivity contribution < 1.29 is 4.79 Å². The van der Waals surface area contributed by atoms with Crippen molar-refractivity contribution in [2.24, 2.45) is 0 Å². The van der Waals surface area contributed by atoms with Crippen molar-refractivity contribution in [2.45, 2.75) is 32.2 Å². The van der Waals surface area contributed by atoms with Crippen LogP contribution in [0.4, 0.5) is 4.79 Å². The van der Waals surface area contributed by atoms with Crippen LogP contribution >= 0.6 is 22.6 Å². The van der Waals surface area contributed by atoms with Crippen LogP contribution in [-0.2, 0) is 0 Å². The molecule has 0 radical (unpaired) electrons. The number of amides is 1. The molecule has 1 fully saturated rings. The Morgan fingerprint density at radius 1 is 1.60 bits per heavy atom. The van der Waals surface area contributed by atoms with E-state index < -0.39 is 0 Å². The van der Waals surface area contributed by atoms with Gasteiger partial charge < -0.3 is 4.90 Å². The number of hydrogen-bond acceptors (Lipinski definition) is 1. The van der Waals surface area contributed by atoms with Crippen molar-refractivity contribution in [3.63, 3.8) is 0 Å². The Labute approximate surface area is 75.1 Å². The lowest BCUT2D eigenvalue weighted by Gasteiger charge is -2.31. The highest BCUT2D eigenvalue weighted by Gasteiger charge is 2.20. The summed E-state index contributed by atoms with van der Waals surface area (Å²) in [6, 6.07) is 0.471. The fraction of sp³-hybridized carbons (Fsp3) is 0.857. The first kappa shape index (κ1) is 8.30. The summed E-state index contributed by atoms with van der Waals surface area (Å²) in [4.78, 5) is 12.9. The molecule has 0 aromatic rings. The van der Waals surface area contributed by atoms with Gasteiger partial charge in [0.25, 0.3) is 3.91 Å². The van der Waals surface area contributed by atoms with E-state index in [0.29, 0.717) is 6.04 Å². The van der Waals surface area contributed by atoms with Crippen LogP contribution in [0, 0.1) is 0 Å². The second-order valence-electron chi connectivity index (χ2n) is 2.79. The minimum absolute atomic E-state index is 0.199. The summed E-state index contributed by atoms with van der Waals surface area (Å²) in [7, 11) is 0. The smallest absolute Gasteiger partial charge is 0.283 e. The normalized spacial score (nSPS) is 26.6. The summed E-state index contributed by atoms with van der Waals surface area (Å²) in [5.41, 5.74) is 0. The number of carbonyl (C=O) groups is 1. The molecule has 1 aliphatic rings. The zero-order valence-electron chi connectivity index (χ0n) is 6.14. The third-order valence-electron chi connectivity index (χ3n) is 2.03. The Hall–Kier alpha value is 0.200. The van der Waals surface area contributed by atoms with Crippen molar-refractivity contribution in [3.05, 3.63) is 0 Å². The minimum Gasteiger partial charge on any atom is -0.331 e. The number of hydrogen-bond donors (Lipinski definition) is 0. The minimum atomic E-state index is 0.199. The molecule has 3 heteroatoms. The van der Waals surface area contributed by atoms with E-state index >= 15 is 0 Å². The van der Waals surface area contributed by atoms with Gasteiger partial charge in [-0.1, -0.05) is 0 Å². The third kappa shape index (κ3) is 1.84. The number of rotatable bonds is 0. The van der Waals surface area contributed by atoms with Crippen molar-refractivity contribution in [3.8, 4) is 0 Å². The van der Waals surface area contributed by atoms with Gasteiger partial charge in [0.05, 0.1) is 0 Å². The maximum Gasteiger partial charge on any atom is 0.283 e. The fourth-order valence-electron chi connectivity index (χ4n) is 1.36. The molecule has 0 bridgehead atoms. The SMILES string of the molecule is CC1CCCCN1C(=O)I. The first-order valence-electron chi connectivity index (χ1n) is 3.68. The van der Waals surface area contributed by atoms with Crippen LogP contribution in [-0.4, -0.2) is 21.4 Å². The molecule has 0 aliphatic carbocycles. The van der Waals surface area contributed by atoms with Gasteiger partial charge in [0.1, 0.15) is 0 Å². The van der Waals surface area contributed by atoms with E-state index in [0.717, 1.165) is 6.54 Å². The molecule has 0 aromatic heterocycles. The Morgan fingerprint density at radius 2 is 2.30 bits per heavy atom. The summed E-state index contributed by atoms with van der Waals surface area (Å²) in [5.74, 6) is 0. The molecule has 0 N–H and O–H groups in total. The van der Waals surface area contributed by atoms with Crippen LogP contribution in [0.1, 0.15) is 26.2 Å². The first-order valence-corrected chi connectivity index (χ1v) is 4.76. The standard InChI is InChI=1S/C7H12INO/c1-6-4-2-3-5-9(6)7(8)10/h6H,2-5H2,1H3. The van der Waals surface area contributed by atoms with Gasteiger partial charge in [0.15, 0.2) is 0 Å². The molecule has 0 spiro atoms. The Bertz CT molecular complexity index is 138. The zero-order valence-corrected chi connectivity index (χ0v) is 8.30. The quantitative estimate of drug-likeness (QED) is 0.369. The van der Waals surface area contributed by atoms with Crippen LogP contribution in [0.3, 0.4) is 0 Å². The molecule has 1 heterocycles. The number of nitrogens with zero attached hydrogens (tertiary/aromatic N) is 1. The van der Waals surface area contributed by atoms with Gasteiger partial charge in [0, 0.05) is 35.2 Å². The molecule has 10 heavy (non-hydrogen) atoms. The highest BCUT2D eigenvalue weighted by atomic mass is 127. The van der Waals surface area contributed by atoms with Gasteiger partial charge in [-0.3, -0.25) is 4.79 Å². The van der Waals surface area contributed by atoms with Crippen molar-refractivity contribution >= 4 is 26.5 Å². The van der Waals surface area contributed by atoms with E-state index in [9.17, 15) is 4.79 Å². The van der Waals surface area contributed by atoms with Crippen LogP contribution in [0.25, 0.3) is 0 Å². The fourth-order valence-corrected chi connectivity index (χ4v) is 2.08. The third-order valence-corrected chi connectivity index (χ3v) is 2.65. The number of carbonyl (C=O) groups excluding carboxylic acids is 1.